The van der Waals surface area contributed by atoms with Gasteiger partial charge >= 0.3 is 0 Å². The SMILES string of the molecule is C=CC[C@]1(C(=O)Nc2ccccn2)CC[C@H](N)CC1. The van der Waals surface area contributed by atoms with Gasteiger partial charge < -0.3 is 11.1 Å². The summed E-state index contributed by atoms with van der Waals surface area (Å²) in [5.74, 6) is 0.642. The minimum Gasteiger partial charge on any atom is -0.328 e. The third kappa shape index (κ3) is 3.20. The van der Waals surface area contributed by atoms with Gasteiger partial charge in [0.15, 0.2) is 0 Å². The molecule has 1 aromatic rings. The van der Waals surface area contributed by atoms with Crippen LogP contribution < -0.4 is 11.1 Å². The van der Waals surface area contributed by atoms with Crippen molar-refractivity contribution >= 4 is 11.7 Å². The first-order valence-corrected chi connectivity index (χ1v) is 6.75. The second-order valence-corrected chi connectivity index (χ2v) is 5.28. The number of nitrogens with zero attached hydrogens (tertiary/aromatic N) is 1. The van der Waals surface area contributed by atoms with Crippen LogP contribution in [0.1, 0.15) is 32.1 Å². The fraction of sp³-hybridized carbons (Fsp3) is 0.467. The van der Waals surface area contributed by atoms with Gasteiger partial charge in [-0.15, -0.1) is 6.58 Å². The molecule has 1 heterocycles. The summed E-state index contributed by atoms with van der Waals surface area (Å²) >= 11 is 0. The molecule has 4 nitrogen and oxygen atoms in total. The molecule has 0 unspecified atom stereocenters. The normalized spacial score (nSPS) is 26.7. The molecule has 0 bridgehead atoms. The van der Waals surface area contributed by atoms with Gasteiger partial charge in [-0.2, -0.15) is 0 Å². The number of carbonyl (C=O) groups is 1. The van der Waals surface area contributed by atoms with Crippen molar-refractivity contribution in [2.24, 2.45) is 11.1 Å². The number of hydrogen-bond donors (Lipinski definition) is 2. The summed E-state index contributed by atoms with van der Waals surface area (Å²) in [5, 5.41) is 2.91. The molecule has 102 valence electrons. The number of nitrogens with one attached hydrogen (secondary N) is 1. The number of pyridine rings is 1. The van der Waals surface area contributed by atoms with Crippen LogP contribution in [0.5, 0.6) is 0 Å². The topological polar surface area (TPSA) is 68.0 Å². The van der Waals surface area contributed by atoms with Gasteiger partial charge in [-0.05, 0) is 44.2 Å². The van der Waals surface area contributed by atoms with Gasteiger partial charge in [0, 0.05) is 12.2 Å². The Morgan fingerprint density at radius 2 is 2.26 bits per heavy atom. The van der Waals surface area contributed by atoms with E-state index in [0.717, 1.165) is 25.7 Å². The third-order valence-corrected chi connectivity index (χ3v) is 3.91. The van der Waals surface area contributed by atoms with Crippen LogP contribution in [0.3, 0.4) is 0 Å². The third-order valence-electron chi connectivity index (χ3n) is 3.91. The molecule has 1 aliphatic carbocycles. The first-order chi connectivity index (χ1) is 9.16. The maximum Gasteiger partial charge on any atom is 0.232 e. The number of hydrogen-bond acceptors (Lipinski definition) is 3. The second-order valence-electron chi connectivity index (χ2n) is 5.28. The summed E-state index contributed by atoms with van der Waals surface area (Å²) < 4.78 is 0. The van der Waals surface area contributed by atoms with E-state index in [1.165, 1.54) is 0 Å². The van der Waals surface area contributed by atoms with Crippen LogP contribution in [0, 0.1) is 5.41 Å². The molecular weight excluding hydrogens is 238 g/mol. The molecule has 19 heavy (non-hydrogen) atoms. The standard InChI is InChI=1S/C15H21N3O/c1-2-8-15(9-6-12(16)7-10-15)14(19)18-13-5-3-4-11-17-13/h2-5,11-12H,1,6-10,16H2,(H,17,18,19)/t12-,15-. The highest BCUT2D eigenvalue weighted by atomic mass is 16.2. The Kier molecular flexibility index (Phi) is 4.32. The predicted octanol–water partition coefficient (Wildman–Crippen LogP) is 2.48. The Labute approximate surface area is 114 Å². The van der Waals surface area contributed by atoms with Crippen molar-refractivity contribution in [2.75, 3.05) is 5.32 Å². The number of aromatic nitrogens is 1. The maximum absolute atomic E-state index is 12.5. The first-order valence-electron chi connectivity index (χ1n) is 6.75. The summed E-state index contributed by atoms with van der Waals surface area (Å²) in [5.41, 5.74) is 5.57. The Balaban J connectivity index is 2.10. The lowest BCUT2D eigenvalue weighted by Crippen LogP contribution is -2.42. The summed E-state index contributed by atoms with van der Waals surface area (Å²) in [6, 6.07) is 5.71. The lowest BCUT2D eigenvalue weighted by molar-refractivity contribution is -0.127. The second kappa shape index (κ2) is 5.97. The fourth-order valence-corrected chi connectivity index (χ4v) is 2.68. The molecule has 0 radical (unpaired) electrons. The fourth-order valence-electron chi connectivity index (χ4n) is 2.68. The van der Waals surface area contributed by atoms with Crippen molar-refractivity contribution in [2.45, 2.75) is 38.1 Å². The van der Waals surface area contributed by atoms with Crippen LogP contribution in [-0.2, 0) is 4.79 Å². The van der Waals surface area contributed by atoms with Crippen LogP contribution in [-0.4, -0.2) is 16.9 Å². The molecule has 0 spiro atoms. The number of rotatable bonds is 4. The molecule has 1 aromatic heterocycles. The van der Waals surface area contributed by atoms with E-state index >= 15 is 0 Å². The van der Waals surface area contributed by atoms with Crippen molar-refractivity contribution in [3.8, 4) is 0 Å². The van der Waals surface area contributed by atoms with E-state index in [4.69, 9.17) is 5.73 Å². The molecule has 3 N–H and O–H groups in total. The minimum atomic E-state index is -0.366. The summed E-state index contributed by atoms with van der Waals surface area (Å²) in [7, 11) is 0. The van der Waals surface area contributed by atoms with Gasteiger partial charge in [0.25, 0.3) is 0 Å². The average molecular weight is 259 g/mol. The highest BCUT2D eigenvalue weighted by molar-refractivity contribution is 5.94. The van der Waals surface area contributed by atoms with Crippen molar-refractivity contribution < 1.29 is 4.79 Å². The van der Waals surface area contributed by atoms with Crippen LogP contribution in [0.15, 0.2) is 37.1 Å². The number of carbonyl (C=O) groups excluding carboxylic acids is 1. The molecule has 0 aromatic carbocycles. The Bertz CT molecular complexity index is 436. The van der Waals surface area contributed by atoms with Gasteiger partial charge in [0.05, 0.1) is 5.41 Å². The molecule has 1 saturated carbocycles. The number of allylic oxidation sites excluding steroid dienone is 1. The smallest absolute Gasteiger partial charge is 0.232 e. The van der Waals surface area contributed by atoms with E-state index in [9.17, 15) is 4.79 Å². The molecule has 0 aliphatic heterocycles. The first kappa shape index (κ1) is 13.7. The van der Waals surface area contributed by atoms with Crippen molar-refractivity contribution in [3.63, 3.8) is 0 Å². The zero-order valence-corrected chi connectivity index (χ0v) is 11.1. The summed E-state index contributed by atoms with van der Waals surface area (Å²) in [6.07, 6.45) is 7.62. The predicted molar refractivity (Wildman–Crippen MR) is 76.6 cm³/mol. The molecule has 0 atom stereocenters. The maximum atomic E-state index is 12.5. The largest absolute Gasteiger partial charge is 0.328 e. The van der Waals surface area contributed by atoms with Gasteiger partial charge in [-0.3, -0.25) is 4.79 Å². The molecular formula is C15H21N3O. The lowest BCUT2D eigenvalue weighted by Gasteiger charge is -2.37. The summed E-state index contributed by atoms with van der Waals surface area (Å²) in [4.78, 5) is 16.7. The van der Waals surface area contributed by atoms with E-state index in [1.54, 1.807) is 12.3 Å². The number of nitrogens with two attached hydrogens (primary N) is 1. The van der Waals surface area contributed by atoms with Crippen molar-refractivity contribution in [3.05, 3.63) is 37.1 Å². The van der Waals surface area contributed by atoms with Gasteiger partial charge in [-0.25, -0.2) is 4.98 Å². The Hall–Kier alpha value is -1.68. The Morgan fingerprint density at radius 3 is 2.84 bits per heavy atom. The van der Waals surface area contributed by atoms with Crippen LogP contribution in [0.25, 0.3) is 0 Å². The van der Waals surface area contributed by atoms with Crippen molar-refractivity contribution in [1.29, 1.82) is 0 Å². The highest BCUT2D eigenvalue weighted by Crippen LogP contribution is 2.40. The molecule has 1 amide bonds. The van der Waals surface area contributed by atoms with Gasteiger partial charge in [0.2, 0.25) is 5.91 Å². The average Bonchev–Trinajstić information content (AvgIpc) is 2.43. The molecule has 4 heteroatoms. The van der Waals surface area contributed by atoms with Gasteiger partial charge in [-0.1, -0.05) is 12.1 Å². The molecule has 2 rings (SSSR count). The van der Waals surface area contributed by atoms with Gasteiger partial charge in [0.1, 0.15) is 5.82 Å². The summed E-state index contributed by atoms with van der Waals surface area (Å²) in [6.45, 7) is 3.78. The zero-order valence-electron chi connectivity index (χ0n) is 11.1. The number of anilines is 1. The molecule has 1 aliphatic rings. The Morgan fingerprint density at radius 1 is 1.53 bits per heavy atom. The van der Waals surface area contributed by atoms with E-state index < -0.39 is 0 Å². The number of amides is 1. The van der Waals surface area contributed by atoms with Crippen LogP contribution in [0.4, 0.5) is 5.82 Å². The van der Waals surface area contributed by atoms with E-state index in [2.05, 4.69) is 16.9 Å². The monoisotopic (exact) mass is 259 g/mol. The lowest BCUT2D eigenvalue weighted by atomic mass is 9.70. The minimum absolute atomic E-state index is 0.0398. The van der Waals surface area contributed by atoms with E-state index in [0.29, 0.717) is 12.2 Å². The molecule has 1 fully saturated rings. The quantitative estimate of drug-likeness (QED) is 0.816. The molecule has 0 saturated heterocycles. The zero-order chi connectivity index (χ0) is 13.7. The highest BCUT2D eigenvalue weighted by Gasteiger charge is 2.40. The van der Waals surface area contributed by atoms with E-state index in [1.807, 2.05) is 18.2 Å². The van der Waals surface area contributed by atoms with Crippen LogP contribution >= 0.6 is 0 Å². The van der Waals surface area contributed by atoms with Crippen LogP contribution in [0.2, 0.25) is 0 Å². The van der Waals surface area contributed by atoms with E-state index in [-0.39, 0.29) is 17.4 Å². The van der Waals surface area contributed by atoms with Crippen molar-refractivity contribution in [1.82, 2.24) is 4.98 Å².